The van der Waals surface area contributed by atoms with E-state index in [-0.39, 0.29) is 11.8 Å². The van der Waals surface area contributed by atoms with Gasteiger partial charge >= 0.3 is 0 Å². The van der Waals surface area contributed by atoms with Crippen LogP contribution in [0.25, 0.3) is 21.5 Å². The monoisotopic (exact) mass is 368 g/mol. The molecule has 1 N–H and O–H groups in total. The molecule has 3 aromatic rings. The van der Waals surface area contributed by atoms with Gasteiger partial charge in [0.1, 0.15) is 15.8 Å². The van der Waals surface area contributed by atoms with Gasteiger partial charge in [-0.25, -0.2) is 4.98 Å². The summed E-state index contributed by atoms with van der Waals surface area (Å²) >= 11 is 1.53. The molecule has 1 amide bonds. The van der Waals surface area contributed by atoms with Crippen LogP contribution in [-0.2, 0) is 4.79 Å². The number of likely N-dealkylation sites (tertiary alicyclic amines) is 1. The first-order valence-corrected chi connectivity index (χ1v) is 9.46. The van der Waals surface area contributed by atoms with Gasteiger partial charge in [0, 0.05) is 23.1 Å². The van der Waals surface area contributed by atoms with Crippen LogP contribution in [0.3, 0.4) is 0 Å². The van der Waals surface area contributed by atoms with Crippen LogP contribution in [0.15, 0.2) is 24.5 Å². The molecule has 134 valence electrons. The maximum atomic E-state index is 12.5. The lowest BCUT2D eigenvalue weighted by molar-refractivity contribution is -0.121. The molecule has 4 rings (SSSR count). The average molecular weight is 368 g/mol. The van der Waals surface area contributed by atoms with Gasteiger partial charge in [-0.05, 0) is 52.0 Å². The molecule has 0 saturated carbocycles. The van der Waals surface area contributed by atoms with Gasteiger partial charge in [0.15, 0.2) is 0 Å². The zero-order valence-electron chi connectivity index (χ0n) is 14.8. The zero-order valence-corrected chi connectivity index (χ0v) is 15.6. The topological polar surface area (TPSA) is 83.9 Å². The first-order chi connectivity index (χ1) is 12.6. The second-order valence-electron chi connectivity index (χ2n) is 6.68. The number of piperidine rings is 1. The maximum Gasteiger partial charge on any atom is 0.228 e. The van der Waals surface area contributed by atoms with Crippen molar-refractivity contribution < 1.29 is 4.79 Å². The van der Waals surface area contributed by atoms with Crippen molar-refractivity contribution in [3.63, 3.8) is 0 Å². The SMILES string of the molecule is Cc1nnc(-c2cnc3cnc(NC(=O)C4CCN(C)CC4)cc3c2)s1. The van der Waals surface area contributed by atoms with E-state index in [0.717, 1.165) is 52.4 Å². The lowest BCUT2D eigenvalue weighted by Crippen LogP contribution is -2.36. The molecule has 4 heterocycles. The highest BCUT2D eigenvalue weighted by Gasteiger charge is 2.23. The Morgan fingerprint density at radius 2 is 2.00 bits per heavy atom. The number of aryl methyl sites for hydroxylation is 1. The van der Waals surface area contributed by atoms with E-state index in [2.05, 4.69) is 37.4 Å². The number of amides is 1. The minimum absolute atomic E-state index is 0.0498. The Hall–Kier alpha value is -2.45. The van der Waals surface area contributed by atoms with E-state index in [9.17, 15) is 4.79 Å². The fourth-order valence-corrected chi connectivity index (χ4v) is 3.80. The van der Waals surface area contributed by atoms with Gasteiger partial charge in [-0.3, -0.25) is 9.78 Å². The molecule has 3 aromatic heterocycles. The quantitative estimate of drug-likeness (QED) is 0.765. The van der Waals surface area contributed by atoms with Crippen LogP contribution in [0.5, 0.6) is 0 Å². The number of aromatic nitrogens is 4. The van der Waals surface area contributed by atoms with Gasteiger partial charge in [-0.1, -0.05) is 11.3 Å². The van der Waals surface area contributed by atoms with Crippen molar-refractivity contribution in [2.45, 2.75) is 19.8 Å². The van der Waals surface area contributed by atoms with Gasteiger partial charge in [0.05, 0.1) is 11.7 Å². The molecular weight excluding hydrogens is 348 g/mol. The van der Waals surface area contributed by atoms with Crippen LogP contribution < -0.4 is 5.32 Å². The third-order valence-corrected chi connectivity index (χ3v) is 5.57. The first-order valence-electron chi connectivity index (χ1n) is 8.64. The molecule has 26 heavy (non-hydrogen) atoms. The third-order valence-electron chi connectivity index (χ3n) is 4.68. The molecule has 0 unspecified atom stereocenters. The van der Waals surface area contributed by atoms with Crippen molar-refractivity contribution in [3.8, 4) is 10.6 Å². The molecule has 8 heteroatoms. The highest BCUT2D eigenvalue weighted by molar-refractivity contribution is 7.14. The number of carbonyl (C=O) groups is 1. The summed E-state index contributed by atoms with van der Waals surface area (Å²) in [5.41, 5.74) is 1.70. The molecule has 0 atom stereocenters. The maximum absolute atomic E-state index is 12.5. The Morgan fingerprint density at radius 3 is 2.73 bits per heavy atom. The summed E-state index contributed by atoms with van der Waals surface area (Å²) in [4.78, 5) is 23.5. The minimum atomic E-state index is 0.0498. The van der Waals surface area contributed by atoms with Crippen LogP contribution in [0.2, 0.25) is 0 Å². The lowest BCUT2D eigenvalue weighted by atomic mass is 9.96. The number of hydrogen-bond donors (Lipinski definition) is 1. The minimum Gasteiger partial charge on any atom is -0.310 e. The van der Waals surface area contributed by atoms with E-state index in [1.165, 1.54) is 11.3 Å². The largest absolute Gasteiger partial charge is 0.310 e. The van der Waals surface area contributed by atoms with Crippen molar-refractivity contribution in [2.75, 3.05) is 25.5 Å². The summed E-state index contributed by atoms with van der Waals surface area (Å²) in [6.45, 7) is 3.84. The van der Waals surface area contributed by atoms with Gasteiger partial charge in [0.2, 0.25) is 5.91 Å². The van der Waals surface area contributed by atoms with Crippen molar-refractivity contribution >= 4 is 34.0 Å². The van der Waals surface area contributed by atoms with E-state index < -0.39 is 0 Å². The summed E-state index contributed by atoms with van der Waals surface area (Å²) < 4.78 is 0. The molecule has 0 aliphatic carbocycles. The Morgan fingerprint density at radius 1 is 1.19 bits per heavy atom. The highest BCUT2D eigenvalue weighted by atomic mass is 32.1. The van der Waals surface area contributed by atoms with Crippen molar-refractivity contribution in [1.29, 1.82) is 0 Å². The summed E-state index contributed by atoms with van der Waals surface area (Å²) in [7, 11) is 2.09. The van der Waals surface area contributed by atoms with E-state index in [1.807, 2.05) is 19.1 Å². The predicted octanol–water partition coefficient (Wildman–Crippen LogP) is 2.74. The molecular formula is C18H20N6OS. The number of carbonyl (C=O) groups excluding carboxylic acids is 1. The average Bonchev–Trinajstić information content (AvgIpc) is 3.08. The number of anilines is 1. The Bertz CT molecular complexity index is 948. The first kappa shape index (κ1) is 17.0. The number of hydrogen-bond acceptors (Lipinski definition) is 7. The summed E-state index contributed by atoms with van der Waals surface area (Å²) in [5.74, 6) is 0.667. The smallest absolute Gasteiger partial charge is 0.228 e. The standard InChI is InChI=1S/C18H20N6OS/c1-11-22-23-18(26-11)14-7-13-8-16(20-10-15(13)19-9-14)21-17(25)12-3-5-24(2)6-4-12/h7-10,12H,3-6H2,1-2H3,(H,20,21,25). The predicted molar refractivity (Wildman–Crippen MR) is 102 cm³/mol. The van der Waals surface area contributed by atoms with Crippen LogP contribution in [0.4, 0.5) is 5.82 Å². The van der Waals surface area contributed by atoms with Gasteiger partial charge in [0.25, 0.3) is 0 Å². The van der Waals surface area contributed by atoms with Crippen molar-refractivity contribution in [2.24, 2.45) is 5.92 Å². The molecule has 1 aliphatic rings. The second kappa shape index (κ2) is 7.05. The number of nitrogens with zero attached hydrogens (tertiary/aromatic N) is 5. The molecule has 1 aliphatic heterocycles. The van der Waals surface area contributed by atoms with Gasteiger partial charge in [-0.2, -0.15) is 0 Å². The lowest BCUT2D eigenvalue weighted by Gasteiger charge is -2.27. The van der Waals surface area contributed by atoms with E-state index in [0.29, 0.717) is 5.82 Å². The Labute approximate surface area is 155 Å². The van der Waals surface area contributed by atoms with Crippen molar-refractivity contribution in [3.05, 3.63) is 29.5 Å². The Kier molecular flexibility index (Phi) is 4.60. The number of fused-ring (bicyclic) bond motifs is 1. The summed E-state index contributed by atoms with van der Waals surface area (Å²) in [5, 5.41) is 13.9. The fraction of sp³-hybridized carbons (Fsp3) is 0.389. The van der Waals surface area contributed by atoms with Gasteiger partial charge in [-0.15, -0.1) is 10.2 Å². The number of pyridine rings is 2. The molecule has 7 nitrogen and oxygen atoms in total. The van der Waals surface area contributed by atoms with Crippen LogP contribution in [-0.4, -0.2) is 51.1 Å². The van der Waals surface area contributed by atoms with E-state index in [4.69, 9.17) is 0 Å². The molecule has 0 radical (unpaired) electrons. The highest BCUT2D eigenvalue weighted by Crippen LogP contribution is 2.26. The number of nitrogens with one attached hydrogen (secondary N) is 1. The van der Waals surface area contributed by atoms with Gasteiger partial charge < -0.3 is 10.2 Å². The van der Waals surface area contributed by atoms with Crippen LogP contribution >= 0.6 is 11.3 Å². The third kappa shape index (κ3) is 3.56. The zero-order chi connectivity index (χ0) is 18.1. The van der Waals surface area contributed by atoms with E-state index in [1.54, 1.807) is 12.4 Å². The van der Waals surface area contributed by atoms with Crippen LogP contribution in [0.1, 0.15) is 17.8 Å². The normalized spacial score (nSPS) is 16.1. The molecule has 0 spiro atoms. The van der Waals surface area contributed by atoms with Crippen LogP contribution in [0, 0.1) is 12.8 Å². The molecule has 0 aromatic carbocycles. The summed E-state index contributed by atoms with van der Waals surface area (Å²) in [6, 6.07) is 3.88. The molecule has 1 saturated heterocycles. The second-order valence-corrected chi connectivity index (χ2v) is 7.86. The number of rotatable bonds is 3. The fourth-order valence-electron chi connectivity index (χ4n) is 3.13. The van der Waals surface area contributed by atoms with E-state index >= 15 is 0 Å². The Balaban J connectivity index is 1.55. The molecule has 0 bridgehead atoms. The van der Waals surface area contributed by atoms with Crippen molar-refractivity contribution in [1.82, 2.24) is 25.1 Å². The summed E-state index contributed by atoms with van der Waals surface area (Å²) in [6.07, 6.45) is 5.24. The molecule has 1 fully saturated rings.